The zero-order valence-corrected chi connectivity index (χ0v) is 23.4. The topological polar surface area (TPSA) is 53.2 Å². The second-order valence-corrected chi connectivity index (χ2v) is 11.4. The van der Waals surface area contributed by atoms with Gasteiger partial charge >= 0.3 is 0 Å². The molecule has 0 saturated heterocycles. The van der Waals surface area contributed by atoms with Crippen molar-refractivity contribution in [3.63, 3.8) is 0 Å². The second kappa shape index (κ2) is 15.8. The summed E-state index contributed by atoms with van der Waals surface area (Å²) in [5.41, 5.74) is 3.69. The second-order valence-electron chi connectivity index (χ2n) is 11.4. The van der Waals surface area contributed by atoms with Crippen molar-refractivity contribution in [3.8, 4) is 22.9 Å². The largest absolute Gasteiger partial charge is 0.491 e. The highest BCUT2D eigenvalue weighted by atomic mass is 16.5. The number of hydrogen-bond donors (Lipinski definition) is 1. The Hall–Kier alpha value is -2.31. The third kappa shape index (κ3) is 9.50. The van der Waals surface area contributed by atoms with Gasteiger partial charge in [0, 0.05) is 6.61 Å². The average Bonchev–Trinajstić information content (AvgIpc) is 2.93. The van der Waals surface area contributed by atoms with Crippen molar-refractivity contribution in [2.24, 2.45) is 5.41 Å². The van der Waals surface area contributed by atoms with Gasteiger partial charge in [-0.1, -0.05) is 101 Å². The highest BCUT2D eigenvalue weighted by molar-refractivity contribution is 5.64. The van der Waals surface area contributed by atoms with Gasteiger partial charge in [0.25, 0.3) is 0 Å². The van der Waals surface area contributed by atoms with Gasteiger partial charge in [0.15, 0.2) is 0 Å². The summed E-state index contributed by atoms with van der Waals surface area (Å²) in [6.07, 6.45) is 17.5. The lowest BCUT2D eigenvalue weighted by Crippen LogP contribution is -2.26. The zero-order valence-electron chi connectivity index (χ0n) is 23.4. The summed E-state index contributed by atoms with van der Waals surface area (Å²) >= 11 is 0. The number of hydrogen-bond acceptors (Lipinski definition) is 3. The van der Waals surface area contributed by atoms with Crippen LogP contribution in [0.3, 0.4) is 0 Å². The number of nitriles is 1. The summed E-state index contributed by atoms with van der Waals surface area (Å²) in [5, 5.41) is 19.0. The third-order valence-corrected chi connectivity index (χ3v) is 8.25. The van der Waals surface area contributed by atoms with E-state index in [1.54, 1.807) is 0 Å². The van der Waals surface area contributed by atoms with Gasteiger partial charge < -0.3 is 9.84 Å². The molecule has 0 spiro atoms. The van der Waals surface area contributed by atoms with Gasteiger partial charge in [-0.3, -0.25) is 0 Å². The number of aliphatic hydroxyl groups is 1. The fraction of sp³-hybridized carbons (Fsp3) is 0.618. The van der Waals surface area contributed by atoms with E-state index < -0.39 is 0 Å². The normalized spacial score (nSPS) is 20.3. The molecule has 3 nitrogen and oxygen atoms in total. The summed E-state index contributed by atoms with van der Waals surface area (Å²) in [7, 11) is 0. The fourth-order valence-corrected chi connectivity index (χ4v) is 6.04. The molecule has 0 radical (unpaired) electrons. The Labute approximate surface area is 226 Å². The van der Waals surface area contributed by atoms with Crippen LogP contribution in [0.4, 0.5) is 0 Å². The van der Waals surface area contributed by atoms with Crippen LogP contribution in [0.25, 0.3) is 11.1 Å². The summed E-state index contributed by atoms with van der Waals surface area (Å²) in [6, 6.07) is 20.3. The Kier molecular flexibility index (Phi) is 12.5. The SMILES string of the molecule is CCCC(C)Oc1ccc(-c2ccc(C3CCCC(C#N)(CCCCCCCCCCO)C3)cc2)cc1. The molecule has 1 N–H and O–H groups in total. The van der Waals surface area contributed by atoms with Gasteiger partial charge in [0.1, 0.15) is 5.75 Å². The lowest BCUT2D eigenvalue weighted by Gasteiger charge is -2.36. The van der Waals surface area contributed by atoms with Crippen molar-refractivity contribution < 1.29 is 9.84 Å². The number of aliphatic hydroxyl groups excluding tert-OH is 1. The van der Waals surface area contributed by atoms with Gasteiger partial charge in [-0.2, -0.15) is 5.26 Å². The summed E-state index contributed by atoms with van der Waals surface area (Å²) in [5.74, 6) is 1.43. The number of ether oxygens (including phenoxy) is 1. The Morgan fingerprint density at radius 1 is 0.919 bits per heavy atom. The molecule has 3 atom stereocenters. The maximum atomic E-state index is 10.1. The van der Waals surface area contributed by atoms with Crippen LogP contribution in [0, 0.1) is 16.7 Å². The fourth-order valence-electron chi connectivity index (χ4n) is 6.04. The first-order chi connectivity index (χ1) is 18.1. The van der Waals surface area contributed by atoms with Crippen LogP contribution in [0.15, 0.2) is 48.5 Å². The van der Waals surface area contributed by atoms with E-state index in [2.05, 4.69) is 68.4 Å². The molecule has 1 aliphatic carbocycles. The number of rotatable bonds is 16. The standard InChI is InChI=1S/C34H49NO2/c1-3-13-28(2)37-33-21-19-30(20-22-33)29-15-17-31(18-16-29)32-14-12-24-34(26-32,27-35)23-10-8-6-4-5-7-9-11-25-36/h15-22,28,32,36H,3-14,23-26H2,1-2H3. The van der Waals surface area contributed by atoms with E-state index in [4.69, 9.17) is 9.84 Å². The van der Waals surface area contributed by atoms with E-state index in [-0.39, 0.29) is 11.5 Å². The van der Waals surface area contributed by atoms with Crippen LogP contribution in [-0.4, -0.2) is 17.8 Å². The molecule has 0 bridgehead atoms. The maximum absolute atomic E-state index is 10.1. The highest BCUT2D eigenvalue weighted by Crippen LogP contribution is 2.47. The average molecular weight is 504 g/mol. The van der Waals surface area contributed by atoms with Gasteiger partial charge in [-0.05, 0) is 80.2 Å². The monoisotopic (exact) mass is 503 g/mol. The van der Waals surface area contributed by atoms with Crippen molar-refractivity contribution in [1.82, 2.24) is 0 Å². The molecule has 37 heavy (non-hydrogen) atoms. The van der Waals surface area contributed by atoms with Crippen LogP contribution in [0.5, 0.6) is 5.75 Å². The molecule has 3 rings (SSSR count). The highest BCUT2D eigenvalue weighted by Gasteiger charge is 2.36. The molecule has 0 heterocycles. The third-order valence-electron chi connectivity index (χ3n) is 8.25. The Bertz CT molecular complexity index is 930. The van der Waals surface area contributed by atoms with Crippen molar-refractivity contribution in [3.05, 3.63) is 54.1 Å². The van der Waals surface area contributed by atoms with E-state index in [1.165, 1.54) is 61.6 Å². The molecule has 0 aliphatic heterocycles. The van der Waals surface area contributed by atoms with E-state index in [9.17, 15) is 5.26 Å². The zero-order chi connectivity index (χ0) is 26.3. The first-order valence-corrected chi connectivity index (χ1v) is 15.0. The molecule has 0 aromatic heterocycles. The predicted octanol–water partition coefficient (Wildman–Crippen LogP) is 9.59. The molecule has 3 heteroatoms. The van der Waals surface area contributed by atoms with Crippen molar-refractivity contribution in [2.75, 3.05) is 6.61 Å². The molecule has 2 aromatic carbocycles. The molecular formula is C34H49NO2. The van der Waals surface area contributed by atoms with Crippen LogP contribution in [0.2, 0.25) is 0 Å². The molecule has 1 fully saturated rings. The first-order valence-electron chi connectivity index (χ1n) is 15.0. The lowest BCUT2D eigenvalue weighted by molar-refractivity contribution is 0.210. The quantitative estimate of drug-likeness (QED) is 0.232. The van der Waals surface area contributed by atoms with E-state index in [0.29, 0.717) is 12.5 Å². The summed E-state index contributed by atoms with van der Waals surface area (Å²) in [4.78, 5) is 0. The molecule has 1 aliphatic rings. The van der Waals surface area contributed by atoms with Crippen molar-refractivity contribution in [1.29, 1.82) is 5.26 Å². The van der Waals surface area contributed by atoms with Crippen molar-refractivity contribution in [2.45, 2.75) is 122 Å². The molecule has 3 unspecified atom stereocenters. The Morgan fingerprint density at radius 3 is 2.11 bits per heavy atom. The number of nitrogens with zero attached hydrogens (tertiary/aromatic N) is 1. The molecule has 202 valence electrons. The smallest absolute Gasteiger partial charge is 0.119 e. The predicted molar refractivity (Wildman–Crippen MR) is 155 cm³/mol. The Balaban J connectivity index is 1.49. The molecule has 2 aromatic rings. The van der Waals surface area contributed by atoms with E-state index in [1.807, 2.05) is 0 Å². The lowest BCUT2D eigenvalue weighted by atomic mass is 9.66. The minimum Gasteiger partial charge on any atom is -0.491 e. The van der Waals surface area contributed by atoms with Gasteiger partial charge in [-0.15, -0.1) is 0 Å². The molecule has 1 saturated carbocycles. The minimum atomic E-state index is -0.145. The van der Waals surface area contributed by atoms with Crippen LogP contribution >= 0.6 is 0 Å². The molecule has 0 amide bonds. The van der Waals surface area contributed by atoms with Gasteiger partial charge in [0.2, 0.25) is 0 Å². The summed E-state index contributed by atoms with van der Waals surface area (Å²) < 4.78 is 6.01. The number of benzene rings is 2. The Morgan fingerprint density at radius 2 is 1.51 bits per heavy atom. The van der Waals surface area contributed by atoms with Gasteiger partial charge in [0.05, 0.1) is 17.6 Å². The van der Waals surface area contributed by atoms with Crippen LogP contribution in [0.1, 0.15) is 122 Å². The minimum absolute atomic E-state index is 0.145. The van der Waals surface area contributed by atoms with Gasteiger partial charge in [-0.25, -0.2) is 0 Å². The number of unbranched alkanes of at least 4 members (excludes halogenated alkanes) is 7. The van der Waals surface area contributed by atoms with Crippen LogP contribution < -0.4 is 4.74 Å². The molecular weight excluding hydrogens is 454 g/mol. The van der Waals surface area contributed by atoms with E-state index in [0.717, 1.165) is 57.1 Å². The maximum Gasteiger partial charge on any atom is 0.119 e. The first kappa shape index (κ1) is 29.2. The van der Waals surface area contributed by atoms with Crippen molar-refractivity contribution >= 4 is 0 Å². The van der Waals surface area contributed by atoms with E-state index >= 15 is 0 Å². The van der Waals surface area contributed by atoms with Crippen LogP contribution in [-0.2, 0) is 0 Å². The summed E-state index contributed by atoms with van der Waals surface area (Å²) in [6.45, 7) is 4.64.